The predicted octanol–water partition coefficient (Wildman–Crippen LogP) is 4.46. The first-order valence-electron chi connectivity index (χ1n) is 10.7. The predicted molar refractivity (Wildman–Crippen MR) is 120 cm³/mol. The van der Waals surface area contributed by atoms with E-state index >= 15 is 0 Å². The second kappa shape index (κ2) is 8.03. The Bertz CT molecular complexity index is 1170. The summed E-state index contributed by atoms with van der Waals surface area (Å²) in [6.07, 6.45) is 6.11. The molecule has 0 aliphatic carbocycles. The van der Waals surface area contributed by atoms with Gasteiger partial charge in [-0.3, -0.25) is 4.40 Å². The Hall–Kier alpha value is -2.99. The maximum Gasteiger partial charge on any atom is 0.215 e. The minimum atomic E-state index is 0.713. The Labute approximate surface area is 176 Å². The van der Waals surface area contributed by atoms with Gasteiger partial charge < -0.3 is 18.9 Å². The van der Waals surface area contributed by atoms with E-state index in [-0.39, 0.29) is 0 Å². The molecule has 2 aromatic carbocycles. The van der Waals surface area contributed by atoms with Crippen molar-refractivity contribution in [1.82, 2.24) is 18.9 Å². The number of nitrogens with zero attached hydrogens (tertiary/aromatic N) is 4. The van der Waals surface area contributed by atoms with Gasteiger partial charge in [0, 0.05) is 24.8 Å². The third-order valence-corrected chi connectivity index (χ3v) is 6.13. The molecule has 3 heterocycles. The van der Waals surface area contributed by atoms with Gasteiger partial charge in [0.15, 0.2) is 11.5 Å². The van der Waals surface area contributed by atoms with Crippen LogP contribution in [0.4, 0.5) is 0 Å². The molecule has 2 aromatic heterocycles. The lowest BCUT2D eigenvalue weighted by Crippen LogP contribution is -2.32. The maximum atomic E-state index is 5.48. The molecule has 0 unspecified atom stereocenters. The molecule has 0 N–H and O–H groups in total. The van der Waals surface area contributed by atoms with Crippen molar-refractivity contribution in [2.24, 2.45) is 0 Å². The Morgan fingerprint density at radius 3 is 2.40 bits per heavy atom. The van der Waals surface area contributed by atoms with Crippen molar-refractivity contribution >= 4 is 16.8 Å². The molecule has 0 saturated carbocycles. The van der Waals surface area contributed by atoms with E-state index in [1.807, 2.05) is 18.2 Å². The summed E-state index contributed by atoms with van der Waals surface area (Å²) in [5.41, 5.74) is 4.37. The number of hydrogen-bond donors (Lipinski definition) is 0. The normalized spacial score (nSPS) is 15.1. The summed E-state index contributed by atoms with van der Waals surface area (Å²) in [5.74, 6) is 2.42. The Morgan fingerprint density at radius 1 is 0.867 bits per heavy atom. The van der Waals surface area contributed by atoms with Gasteiger partial charge in [-0.2, -0.15) is 0 Å². The van der Waals surface area contributed by atoms with Gasteiger partial charge in [-0.1, -0.05) is 18.6 Å². The molecule has 0 spiro atoms. The van der Waals surface area contributed by atoms with Crippen molar-refractivity contribution in [1.29, 1.82) is 0 Å². The van der Waals surface area contributed by atoms with Gasteiger partial charge in [0.1, 0.15) is 0 Å². The number of benzene rings is 2. The molecule has 4 aromatic rings. The highest BCUT2D eigenvalue weighted by Gasteiger charge is 2.17. The molecule has 1 aliphatic heterocycles. The molecule has 1 saturated heterocycles. The number of methoxy groups -OCH3 is 2. The van der Waals surface area contributed by atoms with E-state index in [1.54, 1.807) is 14.2 Å². The highest BCUT2D eigenvalue weighted by atomic mass is 16.5. The van der Waals surface area contributed by atoms with E-state index in [0.717, 1.165) is 35.9 Å². The van der Waals surface area contributed by atoms with E-state index in [1.165, 1.54) is 43.4 Å². The first-order valence-corrected chi connectivity index (χ1v) is 10.7. The largest absolute Gasteiger partial charge is 0.493 e. The summed E-state index contributed by atoms with van der Waals surface area (Å²) in [6, 6.07) is 14.5. The van der Waals surface area contributed by atoms with E-state index < -0.39 is 0 Å². The Morgan fingerprint density at radius 2 is 1.63 bits per heavy atom. The van der Waals surface area contributed by atoms with Gasteiger partial charge in [-0.25, -0.2) is 4.98 Å². The SMILES string of the molecule is COc1ccc(-c2cn3c4ccccc4n(CCN4CCCCC4)c3n2)cc1OC. The number of para-hydroxylation sites is 2. The summed E-state index contributed by atoms with van der Waals surface area (Å²) in [5, 5.41) is 0. The third kappa shape index (κ3) is 3.31. The van der Waals surface area contributed by atoms with E-state index in [0.29, 0.717) is 5.75 Å². The lowest BCUT2D eigenvalue weighted by atomic mass is 10.1. The lowest BCUT2D eigenvalue weighted by Gasteiger charge is -2.26. The maximum absolute atomic E-state index is 5.48. The summed E-state index contributed by atoms with van der Waals surface area (Å²) >= 11 is 0. The molecule has 5 rings (SSSR count). The van der Waals surface area contributed by atoms with Gasteiger partial charge in [0.2, 0.25) is 5.78 Å². The summed E-state index contributed by atoms with van der Waals surface area (Å²) in [7, 11) is 3.31. The molecule has 6 nitrogen and oxygen atoms in total. The first-order chi connectivity index (χ1) is 14.8. The topological polar surface area (TPSA) is 43.9 Å². The lowest BCUT2D eigenvalue weighted by molar-refractivity contribution is 0.222. The van der Waals surface area contributed by atoms with Gasteiger partial charge in [0.25, 0.3) is 0 Å². The Balaban J connectivity index is 1.55. The van der Waals surface area contributed by atoms with Crippen molar-refractivity contribution in [3.63, 3.8) is 0 Å². The van der Waals surface area contributed by atoms with Gasteiger partial charge in [-0.15, -0.1) is 0 Å². The Kier molecular flexibility index (Phi) is 5.09. The van der Waals surface area contributed by atoms with E-state index in [9.17, 15) is 0 Å². The number of fused-ring (bicyclic) bond motifs is 3. The molecule has 30 heavy (non-hydrogen) atoms. The average molecular weight is 405 g/mol. The zero-order valence-corrected chi connectivity index (χ0v) is 17.7. The molecule has 0 bridgehead atoms. The number of aromatic nitrogens is 3. The van der Waals surface area contributed by atoms with Crippen LogP contribution in [0.5, 0.6) is 11.5 Å². The van der Waals surface area contributed by atoms with Crippen LogP contribution in [0.1, 0.15) is 19.3 Å². The molecular formula is C24H28N4O2. The van der Waals surface area contributed by atoms with Crippen molar-refractivity contribution in [2.45, 2.75) is 25.8 Å². The molecular weight excluding hydrogens is 376 g/mol. The third-order valence-electron chi connectivity index (χ3n) is 6.13. The number of imidazole rings is 2. The molecule has 6 heteroatoms. The molecule has 0 atom stereocenters. The molecule has 0 radical (unpaired) electrons. The molecule has 0 amide bonds. The van der Waals surface area contributed by atoms with Crippen LogP contribution in [0.2, 0.25) is 0 Å². The van der Waals surface area contributed by atoms with Gasteiger partial charge >= 0.3 is 0 Å². The fraction of sp³-hybridized carbons (Fsp3) is 0.375. The van der Waals surface area contributed by atoms with Crippen LogP contribution in [-0.4, -0.2) is 52.7 Å². The van der Waals surface area contributed by atoms with Crippen LogP contribution in [-0.2, 0) is 6.54 Å². The number of hydrogen-bond acceptors (Lipinski definition) is 4. The van der Waals surface area contributed by atoms with Crippen LogP contribution in [0.25, 0.3) is 28.1 Å². The number of piperidine rings is 1. The zero-order valence-electron chi connectivity index (χ0n) is 17.7. The van der Waals surface area contributed by atoms with Gasteiger partial charge in [-0.05, 0) is 56.3 Å². The standard InChI is InChI=1S/C24H28N4O2/c1-29-22-11-10-18(16-23(22)30-2)19-17-28-21-9-5-4-8-20(21)27(24(28)25-19)15-14-26-12-6-3-7-13-26/h4-5,8-11,16-17H,3,6-7,12-15H2,1-2H3. The smallest absolute Gasteiger partial charge is 0.215 e. The number of rotatable bonds is 6. The van der Waals surface area contributed by atoms with Crippen molar-refractivity contribution < 1.29 is 9.47 Å². The monoisotopic (exact) mass is 404 g/mol. The summed E-state index contributed by atoms with van der Waals surface area (Å²) in [6.45, 7) is 4.42. The fourth-order valence-electron chi connectivity index (χ4n) is 4.52. The number of likely N-dealkylation sites (tertiary alicyclic amines) is 1. The minimum absolute atomic E-state index is 0.713. The summed E-state index contributed by atoms with van der Waals surface area (Å²) < 4.78 is 15.4. The van der Waals surface area contributed by atoms with Crippen LogP contribution < -0.4 is 9.47 Å². The first kappa shape index (κ1) is 19.0. The average Bonchev–Trinajstić information content (AvgIpc) is 3.36. The van der Waals surface area contributed by atoms with Crippen LogP contribution >= 0.6 is 0 Å². The molecule has 156 valence electrons. The molecule has 1 aliphatic rings. The second-order valence-corrected chi connectivity index (χ2v) is 7.91. The minimum Gasteiger partial charge on any atom is -0.493 e. The highest BCUT2D eigenvalue weighted by Crippen LogP contribution is 2.33. The summed E-state index contributed by atoms with van der Waals surface area (Å²) in [4.78, 5) is 7.60. The quantitative estimate of drug-likeness (QED) is 0.476. The van der Waals surface area contributed by atoms with E-state index in [2.05, 4.69) is 44.3 Å². The van der Waals surface area contributed by atoms with Crippen LogP contribution in [0.3, 0.4) is 0 Å². The number of ether oxygens (including phenoxy) is 2. The van der Waals surface area contributed by atoms with Crippen LogP contribution in [0, 0.1) is 0 Å². The van der Waals surface area contributed by atoms with E-state index in [4.69, 9.17) is 14.5 Å². The highest BCUT2D eigenvalue weighted by molar-refractivity contribution is 5.82. The van der Waals surface area contributed by atoms with Gasteiger partial charge in [0.05, 0.1) is 30.9 Å². The van der Waals surface area contributed by atoms with Crippen molar-refractivity contribution in [3.05, 3.63) is 48.7 Å². The second-order valence-electron chi connectivity index (χ2n) is 7.91. The van der Waals surface area contributed by atoms with Crippen molar-refractivity contribution in [2.75, 3.05) is 33.9 Å². The van der Waals surface area contributed by atoms with Crippen LogP contribution in [0.15, 0.2) is 48.7 Å². The molecule has 1 fully saturated rings. The fourth-order valence-corrected chi connectivity index (χ4v) is 4.52. The van der Waals surface area contributed by atoms with Crippen molar-refractivity contribution in [3.8, 4) is 22.8 Å². The zero-order chi connectivity index (χ0) is 20.5.